The van der Waals surface area contributed by atoms with Crippen LogP contribution in [-0.2, 0) is 0 Å². The van der Waals surface area contributed by atoms with Crippen molar-refractivity contribution >= 4 is 11.8 Å². The van der Waals surface area contributed by atoms with Gasteiger partial charge in [-0.05, 0) is 43.7 Å². The molecule has 1 heterocycles. The number of aromatic nitrogens is 1. The van der Waals surface area contributed by atoms with Crippen LogP contribution in [0.15, 0.2) is 12.1 Å². The fraction of sp³-hybridized carbons (Fsp3) is 0.571. The lowest BCUT2D eigenvalue weighted by Gasteiger charge is -2.15. The number of nitrogens with one attached hydrogen (secondary N) is 1. The highest BCUT2D eigenvalue weighted by Crippen LogP contribution is 2.49. The van der Waals surface area contributed by atoms with Gasteiger partial charge < -0.3 is 10.4 Å². The third-order valence-corrected chi connectivity index (χ3v) is 3.58. The van der Waals surface area contributed by atoms with Crippen LogP contribution < -0.4 is 5.32 Å². The summed E-state index contributed by atoms with van der Waals surface area (Å²) in [5.41, 5.74) is 1.46. The highest BCUT2D eigenvalue weighted by molar-refractivity contribution is 5.88. The van der Waals surface area contributed by atoms with Crippen molar-refractivity contribution in [3.05, 3.63) is 23.4 Å². The van der Waals surface area contributed by atoms with Gasteiger partial charge in [-0.1, -0.05) is 13.3 Å². The van der Waals surface area contributed by atoms with Crippen LogP contribution in [0.4, 0.5) is 5.82 Å². The summed E-state index contributed by atoms with van der Waals surface area (Å²) in [6.07, 6.45) is 4.97. The predicted molar refractivity (Wildman–Crippen MR) is 71.0 cm³/mol. The van der Waals surface area contributed by atoms with E-state index in [9.17, 15) is 4.79 Å². The number of carbonyl (C=O) groups is 1. The maximum atomic E-state index is 11.0. The average Bonchev–Trinajstić information content (AvgIpc) is 3.07. The lowest BCUT2D eigenvalue weighted by molar-refractivity contribution is 0.0696. The fourth-order valence-corrected chi connectivity index (χ4v) is 2.38. The number of aryl methyl sites for hydroxylation is 1. The number of anilines is 1. The average molecular weight is 248 g/mol. The van der Waals surface area contributed by atoms with Gasteiger partial charge in [-0.15, -0.1) is 0 Å². The number of aromatic carboxylic acids is 1. The Kier molecular flexibility index (Phi) is 3.55. The molecular formula is C14H20N2O2. The van der Waals surface area contributed by atoms with Crippen molar-refractivity contribution in [2.75, 3.05) is 11.9 Å². The van der Waals surface area contributed by atoms with Crippen molar-refractivity contribution in [1.29, 1.82) is 0 Å². The standard InChI is InChI=1S/C14H20N2O2/c1-3-4-14(5-6-14)9-15-12-8-11(13(17)18)7-10(2)16-12/h7-8H,3-6,9H2,1-2H3,(H,15,16)(H,17,18). The van der Waals surface area contributed by atoms with Gasteiger partial charge in [0.05, 0.1) is 5.56 Å². The molecule has 2 N–H and O–H groups in total. The minimum atomic E-state index is -0.904. The molecular weight excluding hydrogens is 228 g/mol. The zero-order valence-corrected chi connectivity index (χ0v) is 11.0. The van der Waals surface area contributed by atoms with Crippen molar-refractivity contribution in [2.24, 2.45) is 5.41 Å². The molecule has 0 spiro atoms. The second kappa shape index (κ2) is 4.96. The minimum absolute atomic E-state index is 0.297. The Balaban J connectivity index is 2.03. The SMILES string of the molecule is CCCC1(CNc2cc(C(=O)O)cc(C)n2)CC1. The number of nitrogens with zero attached hydrogens (tertiary/aromatic N) is 1. The second-order valence-corrected chi connectivity index (χ2v) is 5.29. The Morgan fingerprint density at radius 1 is 1.50 bits per heavy atom. The van der Waals surface area contributed by atoms with Gasteiger partial charge in [0.25, 0.3) is 0 Å². The molecule has 0 atom stereocenters. The summed E-state index contributed by atoms with van der Waals surface area (Å²) < 4.78 is 0. The molecule has 1 fully saturated rings. The Morgan fingerprint density at radius 2 is 2.22 bits per heavy atom. The maximum Gasteiger partial charge on any atom is 0.335 e. The molecule has 0 amide bonds. The van der Waals surface area contributed by atoms with Gasteiger partial charge in [-0.25, -0.2) is 9.78 Å². The van der Waals surface area contributed by atoms with Crippen LogP contribution in [0.5, 0.6) is 0 Å². The van der Waals surface area contributed by atoms with Crippen LogP contribution >= 0.6 is 0 Å². The van der Waals surface area contributed by atoms with Crippen molar-refractivity contribution < 1.29 is 9.90 Å². The highest BCUT2D eigenvalue weighted by atomic mass is 16.4. The summed E-state index contributed by atoms with van der Waals surface area (Å²) in [5.74, 6) is -0.229. The first-order chi connectivity index (χ1) is 8.54. The molecule has 0 unspecified atom stereocenters. The molecule has 1 aliphatic rings. The number of rotatable bonds is 6. The van der Waals surface area contributed by atoms with Gasteiger partial charge in [0.2, 0.25) is 0 Å². The zero-order valence-electron chi connectivity index (χ0n) is 11.0. The Labute approximate surface area is 107 Å². The minimum Gasteiger partial charge on any atom is -0.478 e. The van der Waals surface area contributed by atoms with Crippen LogP contribution in [0.3, 0.4) is 0 Å². The summed E-state index contributed by atoms with van der Waals surface area (Å²) in [6.45, 7) is 4.92. The van der Waals surface area contributed by atoms with Gasteiger partial charge >= 0.3 is 5.97 Å². The molecule has 98 valence electrons. The van der Waals surface area contributed by atoms with E-state index in [0.717, 1.165) is 12.2 Å². The number of hydrogen-bond donors (Lipinski definition) is 2. The molecule has 4 nitrogen and oxygen atoms in total. The third-order valence-electron chi connectivity index (χ3n) is 3.58. The second-order valence-electron chi connectivity index (χ2n) is 5.29. The molecule has 1 aromatic heterocycles. The summed E-state index contributed by atoms with van der Waals surface area (Å²) >= 11 is 0. The van der Waals surface area contributed by atoms with E-state index in [0.29, 0.717) is 16.8 Å². The van der Waals surface area contributed by atoms with Crippen LogP contribution in [0.25, 0.3) is 0 Å². The van der Waals surface area contributed by atoms with Crippen molar-refractivity contribution in [2.45, 2.75) is 39.5 Å². The number of hydrogen-bond acceptors (Lipinski definition) is 3. The van der Waals surface area contributed by atoms with Crippen LogP contribution in [0.1, 0.15) is 48.7 Å². The number of pyridine rings is 1. The fourth-order valence-electron chi connectivity index (χ4n) is 2.38. The molecule has 0 bridgehead atoms. The van der Waals surface area contributed by atoms with Gasteiger partial charge in [-0.3, -0.25) is 0 Å². The van der Waals surface area contributed by atoms with E-state index >= 15 is 0 Å². The van der Waals surface area contributed by atoms with Crippen molar-refractivity contribution in [1.82, 2.24) is 4.98 Å². The maximum absolute atomic E-state index is 11.0. The van der Waals surface area contributed by atoms with E-state index in [4.69, 9.17) is 5.11 Å². The predicted octanol–water partition coefficient (Wildman–Crippen LogP) is 3.08. The van der Waals surface area contributed by atoms with Gasteiger partial charge in [0.15, 0.2) is 0 Å². The van der Waals surface area contributed by atoms with Crippen LogP contribution in [0.2, 0.25) is 0 Å². The summed E-state index contributed by atoms with van der Waals surface area (Å²) in [4.78, 5) is 15.3. The molecule has 0 aliphatic heterocycles. The van der Waals surface area contributed by atoms with Gasteiger partial charge in [-0.2, -0.15) is 0 Å². The first kappa shape index (κ1) is 12.9. The monoisotopic (exact) mass is 248 g/mol. The highest BCUT2D eigenvalue weighted by Gasteiger charge is 2.41. The lowest BCUT2D eigenvalue weighted by Crippen LogP contribution is -2.16. The van der Waals surface area contributed by atoms with E-state index < -0.39 is 5.97 Å². The molecule has 1 aromatic rings. The smallest absolute Gasteiger partial charge is 0.335 e. The van der Waals surface area contributed by atoms with Gasteiger partial charge in [0, 0.05) is 12.2 Å². The van der Waals surface area contributed by atoms with E-state index in [2.05, 4.69) is 17.2 Å². The molecule has 0 radical (unpaired) electrons. The molecule has 18 heavy (non-hydrogen) atoms. The Hall–Kier alpha value is -1.58. The third kappa shape index (κ3) is 3.00. The first-order valence-electron chi connectivity index (χ1n) is 6.50. The number of carboxylic acids is 1. The van der Waals surface area contributed by atoms with Gasteiger partial charge in [0.1, 0.15) is 5.82 Å². The number of carboxylic acid groups (broad SMARTS) is 1. The van der Waals surface area contributed by atoms with Crippen molar-refractivity contribution in [3.8, 4) is 0 Å². The first-order valence-corrected chi connectivity index (χ1v) is 6.50. The van der Waals surface area contributed by atoms with E-state index in [1.807, 2.05) is 6.92 Å². The Bertz CT molecular complexity index is 453. The zero-order chi connectivity index (χ0) is 13.2. The normalized spacial score (nSPS) is 16.3. The van der Waals surface area contributed by atoms with E-state index in [1.54, 1.807) is 12.1 Å². The molecule has 4 heteroatoms. The largest absolute Gasteiger partial charge is 0.478 e. The lowest BCUT2D eigenvalue weighted by atomic mass is 10.0. The quantitative estimate of drug-likeness (QED) is 0.812. The summed E-state index contributed by atoms with van der Waals surface area (Å²) in [6, 6.07) is 3.20. The summed E-state index contributed by atoms with van der Waals surface area (Å²) in [7, 11) is 0. The van der Waals surface area contributed by atoms with E-state index in [1.165, 1.54) is 25.7 Å². The summed E-state index contributed by atoms with van der Waals surface area (Å²) in [5, 5.41) is 12.3. The van der Waals surface area contributed by atoms with E-state index in [-0.39, 0.29) is 0 Å². The molecule has 1 aliphatic carbocycles. The molecule has 2 rings (SSSR count). The van der Waals surface area contributed by atoms with Crippen LogP contribution in [0, 0.1) is 12.3 Å². The van der Waals surface area contributed by atoms with Crippen molar-refractivity contribution in [3.63, 3.8) is 0 Å². The molecule has 1 saturated carbocycles. The van der Waals surface area contributed by atoms with Crippen LogP contribution in [-0.4, -0.2) is 22.6 Å². The molecule has 0 aromatic carbocycles. The Morgan fingerprint density at radius 3 is 2.78 bits per heavy atom. The topological polar surface area (TPSA) is 62.2 Å². The molecule has 0 saturated heterocycles.